The summed E-state index contributed by atoms with van der Waals surface area (Å²) in [5.41, 5.74) is -4.47. The van der Waals surface area contributed by atoms with Crippen LogP contribution >= 0.6 is 0 Å². The molecule has 1 aliphatic carbocycles. The number of alkyl carbamates (subject to hydrolysis) is 1. The first-order chi connectivity index (χ1) is 25.4. The van der Waals surface area contributed by atoms with Gasteiger partial charge in [0.1, 0.15) is 34.6 Å². The SMILES string of the molecule is CCOC(=O)[C@@]12C[C@H]1/C=C\CCCCC[C@H](NC(=O)OC(C)(C)C)C(=O)N1C[C@@]3(C[C@H](C)c4c(c(C(F)(F)F)nc5ccc(OC)cc45)O3)C[C@H]1C(=O)N2. The molecule has 0 unspecified atom stereocenters. The molecule has 0 bridgehead atoms. The normalized spacial score (nSPS) is 29.4. The molecule has 15 heteroatoms. The lowest BCUT2D eigenvalue weighted by Crippen LogP contribution is -2.57. The van der Waals surface area contributed by atoms with Gasteiger partial charge in [-0.25, -0.2) is 14.6 Å². The zero-order valence-corrected chi connectivity index (χ0v) is 31.6. The molecule has 1 spiro atoms. The van der Waals surface area contributed by atoms with Crippen LogP contribution < -0.4 is 20.1 Å². The molecule has 54 heavy (non-hydrogen) atoms. The van der Waals surface area contributed by atoms with E-state index in [1.54, 1.807) is 40.7 Å². The van der Waals surface area contributed by atoms with E-state index in [-0.39, 0.29) is 43.8 Å². The highest BCUT2D eigenvalue weighted by Gasteiger charge is 2.63. The molecule has 6 rings (SSSR count). The maximum absolute atomic E-state index is 14.8. The van der Waals surface area contributed by atoms with Crippen LogP contribution in [0.1, 0.15) is 103 Å². The Labute approximate surface area is 312 Å². The monoisotopic (exact) mass is 758 g/mol. The van der Waals surface area contributed by atoms with Gasteiger partial charge in [0.25, 0.3) is 0 Å². The van der Waals surface area contributed by atoms with Gasteiger partial charge >= 0.3 is 18.2 Å². The molecular formula is C39H49F3N4O8. The Morgan fingerprint density at radius 1 is 1.11 bits per heavy atom. The fraction of sp³-hybridized carbons (Fsp3) is 0.615. The van der Waals surface area contributed by atoms with Crippen LogP contribution in [0.25, 0.3) is 10.9 Å². The van der Waals surface area contributed by atoms with Crippen LogP contribution in [0, 0.1) is 5.92 Å². The first-order valence-corrected chi connectivity index (χ1v) is 18.6. The number of pyridine rings is 1. The van der Waals surface area contributed by atoms with Gasteiger partial charge in [0.05, 0.1) is 25.8 Å². The van der Waals surface area contributed by atoms with Gasteiger partial charge in [0.2, 0.25) is 11.8 Å². The molecule has 0 radical (unpaired) electrons. The van der Waals surface area contributed by atoms with Crippen molar-refractivity contribution in [2.45, 2.75) is 127 Å². The summed E-state index contributed by atoms with van der Waals surface area (Å²) in [6, 6.07) is 2.24. The van der Waals surface area contributed by atoms with Crippen molar-refractivity contribution in [3.63, 3.8) is 0 Å². The number of ether oxygens (including phenoxy) is 4. The number of methoxy groups -OCH3 is 1. The number of aromatic nitrogens is 1. The quantitative estimate of drug-likeness (QED) is 0.270. The van der Waals surface area contributed by atoms with E-state index in [4.69, 9.17) is 18.9 Å². The lowest BCUT2D eigenvalue weighted by Gasteiger charge is -2.40. The lowest BCUT2D eigenvalue weighted by molar-refractivity contribution is -0.150. The molecular weight excluding hydrogens is 709 g/mol. The van der Waals surface area contributed by atoms with Crippen LogP contribution in [-0.4, -0.2) is 82.8 Å². The number of esters is 1. The van der Waals surface area contributed by atoms with Gasteiger partial charge in [-0.15, -0.1) is 0 Å². The van der Waals surface area contributed by atoms with Crippen molar-refractivity contribution in [1.82, 2.24) is 20.5 Å². The third kappa shape index (κ3) is 7.81. The minimum atomic E-state index is -4.89. The first-order valence-electron chi connectivity index (χ1n) is 18.6. The third-order valence-electron chi connectivity index (χ3n) is 10.7. The highest BCUT2D eigenvalue weighted by atomic mass is 19.4. The summed E-state index contributed by atoms with van der Waals surface area (Å²) in [6.45, 7) is 8.34. The minimum Gasteiger partial charge on any atom is -0.497 e. The molecule has 3 aliphatic heterocycles. The van der Waals surface area contributed by atoms with Crippen LogP contribution in [0.4, 0.5) is 18.0 Å². The summed E-state index contributed by atoms with van der Waals surface area (Å²) in [5, 5.41) is 6.03. The van der Waals surface area contributed by atoms with Gasteiger partial charge in [0, 0.05) is 23.3 Å². The molecule has 2 fully saturated rings. The van der Waals surface area contributed by atoms with Crippen molar-refractivity contribution in [2.24, 2.45) is 5.92 Å². The van der Waals surface area contributed by atoms with Crippen molar-refractivity contribution in [2.75, 3.05) is 20.3 Å². The Kier molecular flexibility index (Phi) is 10.6. The second-order valence-corrected chi connectivity index (χ2v) is 15.9. The maximum Gasteiger partial charge on any atom is 0.437 e. The number of fused-ring (bicyclic) bond motifs is 5. The van der Waals surface area contributed by atoms with E-state index < -0.39 is 76.2 Å². The van der Waals surface area contributed by atoms with E-state index >= 15 is 0 Å². The van der Waals surface area contributed by atoms with E-state index in [9.17, 15) is 32.3 Å². The summed E-state index contributed by atoms with van der Waals surface area (Å²) >= 11 is 0. The highest BCUT2D eigenvalue weighted by molar-refractivity contribution is 5.97. The van der Waals surface area contributed by atoms with Crippen LogP contribution in [0.5, 0.6) is 11.5 Å². The van der Waals surface area contributed by atoms with Gasteiger partial charge in [-0.1, -0.05) is 31.9 Å². The predicted molar refractivity (Wildman–Crippen MR) is 191 cm³/mol. The van der Waals surface area contributed by atoms with E-state index in [1.165, 1.54) is 24.1 Å². The fourth-order valence-corrected chi connectivity index (χ4v) is 8.18. The van der Waals surface area contributed by atoms with Crippen LogP contribution in [-0.2, 0) is 30.0 Å². The van der Waals surface area contributed by atoms with E-state index in [0.29, 0.717) is 36.0 Å². The highest BCUT2D eigenvalue weighted by Crippen LogP contribution is 2.53. The van der Waals surface area contributed by atoms with E-state index in [2.05, 4.69) is 15.6 Å². The number of benzene rings is 1. The largest absolute Gasteiger partial charge is 0.497 e. The molecule has 1 saturated heterocycles. The fourth-order valence-electron chi connectivity index (χ4n) is 8.18. The van der Waals surface area contributed by atoms with Crippen LogP contribution in [0.15, 0.2) is 30.4 Å². The number of amides is 3. The van der Waals surface area contributed by atoms with E-state index in [1.807, 2.05) is 12.2 Å². The molecule has 3 amide bonds. The molecule has 4 heterocycles. The number of allylic oxidation sites excluding steroid dienone is 1. The molecule has 4 aliphatic rings. The Bertz CT molecular complexity index is 1840. The van der Waals surface area contributed by atoms with Crippen molar-refractivity contribution < 1.29 is 51.3 Å². The number of nitrogens with zero attached hydrogens (tertiary/aromatic N) is 2. The Balaban J connectivity index is 1.43. The maximum atomic E-state index is 14.8. The smallest absolute Gasteiger partial charge is 0.437 e. The Morgan fingerprint density at radius 2 is 1.87 bits per heavy atom. The minimum absolute atomic E-state index is 0.0866. The molecule has 12 nitrogen and oxygen atoms in total. The number of halogens is 3. The summed E-state index contributed by atoms with van der Waals surface area (Å²) in [5.74, 6) is -2.79. The molecule has 6 atom stereocenters. The van der Waals surface area contributed by atoms with Crippen LogP contribution in [0.2, 0.25) is 0 Å². The number of alkyl halides is 3. The number of carbonyl (C=O) groups is 4. The van der Waals surface area contributed by atoms with Gasteiger partial charge in [-0.05, 0) is 83.9 Å². The molecule has 1 aromatic heterocycles. The first kappa shape index (κ1) is 39.1. The van der Waals surface area contributed by atoms with Crippen molar-refractivity contribution in [3.8, 4) is 11.5 Å². The molecule has 294 valence electrons. The summed E-state index contributed by atoms with van der Waals surface area (Å²) in [6.07, 6.45) is 1.43. The predicted octanol–water partition coefficient (Wildman–Crippen LogP) is 6.34. The number of rotatable bonds is 4. The Hall–Kier alpha value is -4.56. The zero-order valence-electron chi connectivity index (χ0n) is 31.6. The van der Waals surface area contributed by atoms with Crippen LogP contribution in [0.3, 0.4) is 0 Å². The molecule has 1 aromatic carbocycles. The average Bonchev–Trinajstić information content (AvgIpc) is 3.66. The van der Waals surface area contributed by atoms with E-state index in [0.717, 1.165) is 12.8 Å². The standard InChI is InChI=1S/C39H49F3N4O8/c1-7-52-34(49)38-19-23(38)13-11-9-8-10-12-14-27(44-35(50)54-36(3,4)5)33(48)46-21-37(20-28(46)32(47)45-38)18-22(2)29-25-17-24(51-6)15-16-26(25)43-31(30(29)53-37)39(40,41)42/h11,13,15-17,22-23,27-28H,7-10,12,14,18-21H2,1-6H3,(H,44,50)(H,45,47)/b13-11-/t22-,23+,27-,28-,37+,38+/m0/s1. The molecule has 2 aromatic rings. The second-order valence-electron chi connectivity index (χ2n) is 15.9. The second kappa shape index (κ2) is 14.6. The molecule has 1 saturated carbocycles. The summed E-state index contributed by atoms with van der Waals surface area (Å²) in [4.78, 5) is 60.8. The summed E-state index contributed by atoms with van der Waals surface area (Å²) < 4.78 is 67.0. The number of nitrogens with one attached hydrogen (secondary N) is 2. The summed E-state index contributed by atoms with van der Waals surface area (Å²) in [7, 11) is 1.46. The average molecular weight is 759 g/mol. The van der Waals surface area contributed by atoms with Crippen molar-refractivity contribution in [1.29, 1.82) is 0 Å². The number of hydrogen-bond donors (Lipinski definition) is 2. The molecule has 2 N–H and O–H groups in total. The van der Waals surface area contributed by atoms with Gasteiger partial charge in [-0.3, -0.25) is 9.59 Å². The lowest BCUT2D eigenvalue weighted by atomic mass is 9.80. The van der Waals surface area contributed by atoms with Gasteiger partial charge in [0.15, 0.2) is 11.4 Å². The topological polar surface area (TPSA) is 145 Å². The number of carbonyl (C=O) groups excluding carboxylic acids is 4. The Morgan fingerprint density at radius 3 is 2.56 bits per heavy atom. The van der Waals surface area contributed by atoms with Gasteiger partial charge < -0.3 is 34.5 Å². The van der Waals surface area contributed by atoms with Crippen molar-refractivity contribution >= 4 is 34.8 Å². The van der Waals surface area contributed by atoms with Gasteiger partial charge in [-0.2, -0.15) is 13.2 Å². The third-order valence-corrected chi connectivity index (χ3v) is 10.7. The zero-order chi connectivity index (χ0) is 39.2. The van der Waals surface area contributed by atoms with Crippen molar-refractivity contribution in [3.05, 3.63) is 41.6 Å². The number of hydrogen-bond acceptors (Lipinski definition) is 9.